The third-order valence-corrected chi connectivity index (χ3v) is 7.13. The number of hydrogen-bond acceptors (Lipinski definition) is 7. The monoisotopic (exact) mass is 462 g/mol. The SMILES string of the molecule is C=Cc1cnnc(-c2cc(N)c(N3CCN(C(=O)CC4CCO4)[C@H](CCC)C3)nc2C2CC2)c1. The van der Waals surface area contributed by atoms with Crippen LogP contribution < -0.4 is 10.6 Å². The molecule has 2 N–H and O–H groups in total. The quantitative estimate of drug-likeness (QED) is 0.640. The normalized spacial score (nSPS) is 22.4. The molecule has 0 radical (unpaired) electrons. The third kappa shape index (κ3) is 4.64. The number of amides is 1. The number of nitrogen functional groups attached to an aromatic ring is 1. The van der Waals surface area contributed by atoms with Gasteiger partial charge in [-0.3, -0.25) is 4.79 Å². The Hall–Kier alpha value is -3.00. The van der Waals surface area contributed by atoms with Crippen LogP contribution in [-0.2, 0) is 9.53 Å². The van der Waals surface area contributed by atoms with Gasteiger partial charge in [0.15, 0.2) is 5.82 Å². The van der Waals surface area contributed by atoms with E-state index in [0.717, 1.165) is 80.1 Å². The molecule has 5 rings (SSSR count). The van der Waals surface area contributed by atoms with Gasteiger partial charge in [-0.05, 0) is 43.4 Å². The van der Waals surface area contributed by atoms with Crippen LogP contribution >= 0.6 is 0 Å². The fourth-order valence-electron chi connectivity index (χ4n) is 5.00. The van der Waals surface area contributed by atoms with Gasteiger partial charge in [-0.1, -0.05) is 26.0 Å². The summed E-state index contributed by atoms with van der Waals surface area (Å²) in [5.41, 5.74) is 10.9. The predicted molar refractivity (Wildman–Crippen MR) is 133 cm³/mol. The first-order valence-electron chi connectivity index (χ1n) is 12.5. The lowest BCUT2D eigenvalue weighted by Crippen LogP contribution is -2.56. The highest BCUT2D eigenvalue weighted by Crippen LogP contribution is 2.45. The molecule has 2 aliphatic heterocycles. The van der Waals surface area contributed by atoms with Crippen molar-refractivity contribution >= 4 is 23.5 Å². The number of nitrogens with two attached hydrogens (primary N) is 1. The summed E-state index contributed by atoms with van der Waals surface area (Å²) >= 11 is 0. The molecule has 2 aromatic heterocycles. The highest BCUT2D eigenvalue weighted by Gasteiger charge is 2.35. The molecular weight excluding hydrogens is 428 g/mol. The smallest absolute Gasteiger partial charge is 0.225 e. The number of nitrogens with zero attached hydrogens (tertiary/aromatic N) is 5. The maximum Gasteiger partial charge on any atom is 0.225 e. The van der Waals surface area contributed by atoms with Crippen molar-refractivity contribution in [1.82, 2.24) is 20.1 Å². The highest BCUT2D eigenvalue weighted by atomic mass is 16.5. The predicted octanol–water partition coefficient (Wildman–Crippen LogP) is 3.64. The van der Waals surface area contributed by atoms with Crippen molar-refractivity contribution in [3.05, 3.63) is 36.2 Å². The van der Waals surface area contributed by atoms with Crippen molar-refractivity contribution in [3.63, 3.8) is 0 Å². The number of carbonyl (C=O) groups is 1. The lowest BCUT2D eigenvalue weighted by Gasteiger charge is -2.43. The van der Waals surface area contributed by atoms with Gasteiger partial charge in [0.25, 0.3) is 0 Å². The summed E-state index contributed by atoms with van der Waals surface area (Å²) < 4.78 is 5.50. The zero-order valence-corrected chi connectivity index (χ0v) is 19.9. The van der Waals surface area contributed by atoms with Gasteiger partial charge in [-0.25, -0.2) is 4.98 Å². The van der Waals surface area contributed by atoms with Gasteiger partial charge in [0.2, 0.25) is 5.91 Å². The van der Waals surface area contributed by atoms with E-state index in [2.05, 4.69) is 33.5 Å². The van der Waals surface area contributed by atoms with E-state index in [4.69, 9.17) is 15.5 Å². The molecule has 1 unspecified atom stereocenters. The summed E-state index contributed by atoms with van der Waals surface area (Å²) in [6.45, 7) is 8.95. The molecule has 2 saturated heterocycles. The molecule has 8 nitrogen and oxygen atoms in total. The largest absolute Gasteiger partial charge is 0.396 e. The Bertz CT molecular complexity index is 1070. The summed E-state index contributed by atoms with van der Waals surface area (Å²) in [5, 5.41) is 8.49. The van der Waals surface area contributed by atoms with E-state index in [-0.39, 0.29) is 18.1 Å². The van der Waals surface area contributed by atoms with Crippen molar-refractivity contribution in [2.75, 3.05) is 36.9 Å². The molecule has 34 heavy (non-hydrogen) atoms. The molecule has 0 bridgehead atoms. The van der Waals surface area contributed by atoms with Crippen LogP contribution in [0.4, 0.5) is 11.5 Å². The maximum absolute atomic E-state index is 13.0. The number of ether oxygens (including phenoxy) is 1. The van der Waals surface area contributed by atoms with E-state index in [0.29, 0.717) is 24.6 Å². The minimum Gasteiger partial charge on any atom is -0.396 e. The standard InChI is InChI=1S/C26H34N6O2/c1-3-5-19-16-31(9-10-32(19)24(33)13-20-8-11-34-20)26-22(27)14-21(25(29-26)18-6-7-18)23-12-17(4-2)15-28-30-23/h4,12,14-15,18-20H,2-3,5-11,13,16,27H2,1H3/t19-,20?/m1/s1. The lowest BCUT2D eigenvalue weighted by molar-refractivity contribution is -0.141. The Labute approximate surface area is 201 Å². The molecule has 180 valence electrons. The van der Waals surface area contributed by atoms with Gasteiger partial charge in [-0.15, -0.1) is 0 Å². The summed E-state index contributed by atoms with van der Waals surface area (Å²) in [4.78, 5) is 22.4. The second kappa shape index (κ2) is 9.70. The Morgan fingerprint density at radius 2 is 2.12 bits per heavy atom. The summed E-state index contributed by atoms with van der Waals surface area (Å²) in [5.74, 6) is 1.47. The number of aromatic nitrogens is 3. The van der Waals surface area contributed by atoms with Crippen LogP contribution in [0.5, 0.6) is 0 Å². The molecule has 0 aromatic carbocycles. The molecule has 3 fully saturated rings. The minimum absolute atomic E-state index is 0.0986. The van der Waals surface area contributed by atoms with Crippen LogP contribution in [0.2, 0.25) is 0 Å². The van der Waals surface area contributed by atoms with Crippen molar-refractivity contribution in [1.29, 1.82) is 0 Å². The second-order valence-electron chi connectivity index (χ2n) is 9.65. The van der Waals surface area contributed by atoms with Crippen LogP contribution in [0.15, 0.2) is 24.9 Å². The fourth-order valence-corrected chi connectivity index (χ4v) is 5.00. The highest BCUT2D eigenvalue weighted by molar-refractivity contribution is 5.78. The third-order valence-electron chi connectivity index (χ3n) is 7.13. The topological polar surface area (TPSA) is 97.5 Å². The first kappa shape index (κ1) is 22.8. The number of anilines is 2. The van der Waals surface area contributed by atoms with Crippen LogP contribution in [-0.4, -0.2) is 64.4 Å². The second-order valence-corrected chi connectivity index (χ2v) is 9.65. The molecule has 1 saturated carbocycles. The zero-order chi connectivity index (χ0) is 23.7. The van der Waals surface area contributed by atoms with Crippen molar-refractivity contribution < 1.29 is 9.53 Å². The van der Waals surface area contributed by atoms with E-state index < -0.39 is 0 Å². The van der Waals surface area contributed by atoms with Crippen molar-refractivity contribution in [2.24, 2.45) is 0 Å². The molecule has 1 amide bonds. The minimum atomic E-state index is 0.0986. The number of pyridine rings is 1. The van der Waals surface area contributed by atoms with Gasteiger partial charge >= 0.3 is 0 Å². The fraction of sp³-hybridized carbons (Fsp3) is 0.538. The molecule has 8 heteroatoms. The number of hydrogen-bond donors (Lipinski definition) is 1. The molecular formula is C26H34N6O2. The number of piperazine rings is 1. The Balaban J connectivity index is 1.40. The Kier molecular flexibility index (Phi) is 6.50. The van der Waals surface area contributed by atoms with E-state index in [1.165, 1.54) is 0 Å². The van der Waals surface area contributed by atoms with Gasteiger partial charge < -0.3 is 20.3 Å². The van der Waals surface area contributed by atoms with E-state index in [9.17, 15) is 4.79 Å². The van der Waals surface area contributed by atoms with Gasteiger partial charge in [-0.2, -0.15) is 10.2 Å². The van der Waals surface area contributed by atoms with Crippen molar-refractivity contribution in [2.45, 2.75) is 63.5 Å². The van der Waals surface area contributed by atoms with Crippen LogP contribution in [0.3, 0.4) is 0 Å². The van der Waals surface area contributed by atoms with E-state index in [1.807, 2.05) is 12.1 Å². The van der Waals surface area contributed by atoms with Crippen LogP contribution in [0.25, 0.3) is 17.3 Å². The van der Waals surface area contributed by atoms with Crippen LogP contribution in [0.1, 0.15) is 62.6 Å². The lowest BCUT2D eigenvalue weighted by atomic mass is 10.0. The van der Waals surface area contributed by atoms with Crippen LogP contribution in [0, 0.1) is 0 Å². The molecule has 3 aliphatic rings. The van der Waals surface area contributed by atoms with E-state index in [1.54, 1.807) is 12.3 Å². The first-order chi connectivity index (χ1) is 16.6. The molecule has 0 spiro atoms. The molecule has 4 heterocycles. The van der Waals surface area contributed by atoms with Gasteiger partial charge in [0, 0.05) is 43.8 Å². The first-order valence-corrected chi connectivity index (χ1v) is 12.5. The Morgan fingerprint density at radius 1 is 1.29 bits per heavy atom. The Morgan fingerprint density at radius 3 is 2.79 bits per heavy atom. The zero-order valence-electron chi connectivity index (χ0n) is 19.9. The van der Waals surface area contributed by atoms with E-state index >= 15 is 0 Å². The summed E-state index contributed by atoms with van der Waals surface area (Å²) in [6, 6.07) is 4.15. The molecule has 2 aromatic rings. The van der Waals surface area contributed by atoms with Crippen molar-refractivity contribution in [3.8, 4) is 11.3 Å². The summed E-state index contributed by atoms with van der Waals surface area (Å²) in [6.07, 6.45) is 9.29. The number of rotatable bonds is 8. The average molecular weight is 463 g/mol. The maximum atomic E-state index is 13.0. The average Bonchev–Trinajstić information content (AvgIpc) is 3.67. The summed E-state index contributed by atoms with van der Waals surface area (Å²) in [7, 11) is 0. The van der Waals surface area contributed by atoms with Gasteiger partial charge in [0.05, 0.1) is 35.8 Å². The van der Waals surface area contributed by atoms with Gasteiger partial charge in [0.1, 0.15) is 0 Å². The molecule has 1 aliphatic carbocycles. The molecule has 2 atom stereocenters. The number of carbonyl (C=O) groups excluding carboxylic acids is 1.